The van der Waals surface area contributed by atoms with Crippen molar-refractivity contribution < 1.29 is 49.4 Å². The first kappa shape index (κ1) is 21.9. The predicted molar refractivity (Wildman–Crippen MR) is 109 cm³/mol. The van der Waals surface area contributed by atoms with Crippen LogP contribution in [0, 0.1) is 5.92 Å². The number of aromatic nitrogens is 3. The fraction of sp³-hybridized carbons (Fsp3) is 0.429. The molecule has 0 radical (unpaired) electrons. The van der Waals surface area contributed by atoms with Crippen molar-refractivity contribution in [2.75, 3.05) is 19.8 Å². The van der Waals surface area contributed by atoms with E-state index >= 15 is 0 Å². The summed E-state index contributed by atoms with van der Waals surface area (Å²) in [5.41, 5.74) is 2.38. The third kappa shape index (κ3) is 4.79. The van der Waals surface area contributed by atoms with Crippen LogP contribution in [0.5, 0.6) is 5.75 Å². The molecule has 1 atom stereocenters. The molecule has 9 heteroatoms. The van der Waals surface area contributed by atoms with E-state index in [4.69, 9.17) is 14.2 Å². The average molecular weight is 437 g/mol. The van der Waals surface area contributed by atoms with Gasteiger partial charge in [-0.1, -0.05) is 12.1 Å². The van der Waals surface area contributed by atoms with Gasteiger partial charge in [0.25, 0.3) is 0 Å². The molecule has 3 heterocycles. The van der Waals surface area contributed by atoms with Crippen LogP contribution in [0.2, 0.25) is 0 Å². The fourth-order valence-electron chi connectivity index (χ4n) is 3.56. The van der Waals surface area contributed by atoms with Crippen molar-refractivity contribution in [3.8, 4) is 5.75 Å². The number of hydrogen-bond acceptors (Lipinski definition) is 6. The van der Waals surface area contributed by atoms with Crippen LogP contribution in [0.3, 0.4) is 0 Å². The Labute approximate surface area is 201 Å². The van der Waals surface area contributed by atoms with Crippen LogP contribution < -0.4 is 34.3 Å². The summed E-state index contributed by atoms with van der Waals surface area (Å²) in [7, 11) is -1.31. The van der Waals surface area contributed by atoms with E-state index in [1.54, 1.807) is 6.20 Å². The van der Waals surface area contributed by atoms with E-state index in [-0.39, 0.29) is 48.4 Å². The molecule has 1 saturated carbocycles. The van der Waals surface area contributed by atoms with Crippen molar-refractivity contribution in [1.82, 2.24) is 15.0 Å². The van der Waals surface area contributed by atoms with Gasteiger partial charge in [0.15, 0.2) is 10.9 Å². The summed E-state index contributed by atoms with van der Waals surface area (Å²) in [6, 6.07) is 11.3. The summed E-state index contributed by atoms with van der Waals surface area (Å²) < 4.78 is 30.4. The molecular formula is C21H24N3NaO4S. The van der Waals surface area contributed by atoms with Crippen molar-refractivity contribution in [2.24, 2.45) is 5.92 Å². The summed E-state index contributed by atoms with van der Waals surface area (Å²) in [6.45, 7) is 1.84. The van der Waals surface area contributed by atoms with Gasteiger partial charge in [0.2, 0.25) is 0 Å². The molecule has 1 saturated heterocycles. The molecule has 2 aromatic heterocycles. The number of para-hydroxylation sites is 2. The number of rotatable bonds is 6. The number of nitrogens with zero attached hydrogens (tertiary/aromatic N) is 2. The number of hydrogen-bond donors (Lipinski definition) is 1. The second kappa shape index (κ2) is 9.46. The second-order valence-electron chi connectivity index (χ2n) is 7.60. The Bertz CT molecular complexity index is 1000. The molecule has 0 amide bonds. The van der Waals surface area contributed by atoms with Gasteiger partial charge in [-0.25, -0.2) is 4.98 Å². The maximum absolute atomic E-state index is 12.7. The van der Waals surface area contributed by atoms with E-state index in [0.29, 0.717) is 36.4 Å². The molecule has 2 aliphatic rings. The summed E-state index contributed by atoms with van der Waals surface area (Å²) >= 11 is 0. The average Bonchev–Trinajstić information content (AvgIpc) is 3.16. The van der Waals surface area contributed by atoms with E-state index in [0.717, 1.165) is 23.9 Å². The van der Waals surface area contributed by atoms with Crippen molar-refractivity contribution in [3.63, 3.8) is 0 Å². The normalized spacial score (nSPS) is 19.2. The molecule has 0 bridgehead atoms. The van der Waals surface area contributed by atoms with Gasteiger partial charge in [0, 0.05) is 31.0 Å². The minimum atomic E-state index is -1.31. The predicted octanol–water partition coefficient (Wildman–Crippen LogP) is 0.304. The molecule has 3 aromatic rings. The fourth-order valence-corrected chi connectivity index (χ4v) is 4.55. The van der Waals surface area contributed by atoms with Gasteiger partial charge in [-0.05, 0) is 24.6 Å². The summed E-state index contributed by atoms with van der Waals surface area (Å²) in [4.78, 5) is 11.9. The van der Waals surface area contributed by atoms with Gasteiger partial charge in [0.05, 0.1) is 53.1 Å². The van der Waals surface area contributed by atoms with Gasteiger partial charge in [-0.3, -0.25) is 9.19 Å². The Balaban J connectivity index is 0.00000136. The van der Waals surface area contributed by atoms with Gasteiger partial charge < -0.3 is 20.6 Å². The van der Waals surface area contributed by atoms with E-state index in [1.165, 1.54) is 6.42 Å². The Hall–Kier alpha value is -1.29. The smallest absolute Gasteiger partial charge is 1.00 e. The standard InChI is InChI=1S/C21H23N3O4S.Na.H/c25-29(20-23-18-4-1-2-5-19(18)24-20)14-16-10-17(6-9-22-16)26-11-15-12-27-21(28-13-15)7-3-8-21;;/h1-2,4-6,9-10,15H,3,7-8,11-14H2,(H,23,24);;/q;+1;-1. The maximum atomic E-state index is 12.7. The SMILES string of the molecule is O=S(Cc1cc(OCC2COC3(CCC3)OC2)ccn1)c1nc2ccccc2[nH]1.[H-].[Na+]. The van der Waals surface area contributed by atoms with Crippen LogP contribution in [0.15, 0.2) is 47.8 Å². The molecule has 1 aliphatic heterocycles. The number of fused-ring (bicyclic) bond motifs is 1. The van der Waals surface area contributed by atoms with Crippen molar-refractivity contribution in [1.29, 1.82) is 0 Å². The molecule has 5 rings (SSSR count). The number of aromatic amines is 1. The van der Waals surface area contributed by atoms with Crippen LogP contribution in [0.25, 0.3) is 11.0 Å². The van der Waals surface area contributed by atoms with E-state index in [9.17, 15) is 4.21 Å². The summed E-state index contributed by atoms with van der Waals surface area (Å²) in [5, 5.41) is 0.459. The quantitative estimate of drug-likeness (QED) is 0.559. The molecule has 1 aliphatic carbocycles. The second-order valence-corrected chi connectivity index (χ2v) is 8.96. The van der Waals surface area contributed by atoms with Crippen molar-refractivity contribution in [2.45, 2.75) is 36.0 Å². The first-order valence-electron chi connectivity index (χ1n) is 9.88. The molecular weight excluding hydrogens is 413 g/mol. The Morgan fingerprint density at radius 1 is 1.23 bits per heavy atom. The molecule has 30 heavy (non-hydrogen) atoms. The van der Waals surface area contributed by atoms with Crippen LogP contribution in [-0.2, 0) is 26.0 Å². The van der Waals surface area contributed by atoms with Crippen molar-refractivity contribution in [3.05, 3.63) is 48.3 Å². The first-order valence-corrected chi connectivity index (χ1v) is 11.2. The maximum Gasteiger partial charge on any atom is 1.00 e. The number of H-pyrrole nitrogens is 1. The number of nitrogens with one attached hydrogen (secondary N) is 1. The Morgan fingerprint density at radius 2 is 2.03 bits per heavy atom. The van der Waals surface area contributed by atoms with Crippen LogP contribution in [-0.4, -0.2) is 44.8 Å². The topological polar surface area (TPSA) is 86.3 Å². The first-order chi connectivity index (χ1) is 14.2. The van der Waals surface area contributed by atoms with E-state index in [2.05, 4.69) is 15.0 Å². The van der Waals surface area contributed by atoms with Gasteiger partial charge in [-0.2, -0.15) is 0 Å². The van der Waals surface area contributed by atoms with Gasteiger partial charge in [0.1, 0.15) is 5.75 Å². The molecule has 7 nitrogen and oxygen atoms in total. The largest absolute Gasteiger partial charge is 1.00 e. The molecule has 1 spiro atoms. The summed E-state index contributed by atoms with van der Waals surface area (Å²) in [6.07, 6.45) is 4.85. The zero-order chi connectivity index (χ0) is 19.7. The third-order valence-electron chi connectivity index (χ3n) is 5.42. The Morgan fingerprint density at radius 3 is 2.77 bits per heavy atom. The number of pyridine rings is 1. The third-order valence-corrected chi connectivity index (χ3v) is 6.60. The molecule has 154 valence electrons. The van der Waals surface area contributed by atoms with Gasteiger partial charge >= 0.3 is 29.6 Å². The molecule has 1 unspecified atom stereocenters. The van der Waals surface area contributed by atoms with Crippen molar-refractivity contribution >= 4 is 21.8 Å². The van der Waals surface area contributed by atoms with Crippen LogP contribution in [0.4, 0.5) is 0 Å². The molecule has 2 fully saturated rings. The molecule has 1 aromatic carbocycles. The van der Waals surface area contributed by atoms with Crippen LogP contribution >= 0.6 is 0 Å². The minimum Gasteiger partial charge on any atom is -1.00 e. The van der Waals surface area contributed by atoms with Gasteiger partial charge in [-0.15, -0.1) is 0 Å². The number of imidazole rings is 1. The summed E-state index contributed by atoms with van der Waals surface area (Å²) in [5.74, 6) is 0.888. The number of ether oxygens (including phenoxy) is 3. The zero-order valence-electron chi connectivity index (χ0n) is 18.0. The van der Waals surface area contributed by atoms with E-state index in [1.807, 2.05) is 36.4 Å². The van der Waals surface area contributed by atoms with E-state index < -0.39 is 10.8 Å². The molecule has 1 N–H and O–H groups in total. The zero-order valence-corrected chi connectivity index (χ0v) is 19.8. The Kier molecular flexibility index (Phi) is 6.91. The monoisotopic (exact) mass is 437 g/mol. The van der Waals surface area contributed by atoms with Crippen LogP contribution in [0.1, 0.15) is 26.4 Å². The number of benzene rings is 1. The minimum absolute atomic E-state index is 0.